The molecule has 0 saturated carbocycles. The molecule has 74 heavy (non-hydrogen) atoms. The average molecular weight is 1040 g/mol. The number of likely N-dealkylation sites (N-methyl/N-ethyl adjacent to an activating group) is 1. The molecule has 1 fully saturated rings. The molecule has 0 radical (unpaired) electrons. The summed E-state index contributed by atoms with van der Waals surface area (Å²) in [5.41, 5.74) is 17.7. The third-order valence-corrected chi connectivity index (χ3v) is 12.3. The monoisotopic (exact) mass is 1040 g/mol. The van der Waals surface area contributed by atoms with E-state index in [1.807, 2.05) is 4.90 Å². The predicted octanol–water partition coefficient (Wildman–Crippen LogP) is 12.2. The molecule has 17 heteroatoms. The number of rotatable bonds is 47. The van der Waals surface area contributed by atoms with Crippen molar-refractivity contribution in [3.05, 3.63) is 84.3 Å². The summed E-state index contributed by atoms with van der Waals surface area (Å²) in [6.07, 6.45) is 47.3. The van der Waals surface area contributed by atoms with Gasteiger partial charge in [0.1, 0.15) is 12.7 Å². The number of unbranched alkanes of at least 4 members (excludes halogenated alkanes) is 18. The van der Waals surface area contributed by atoms with Crippen molar-refractivity contribution >= 4 is 17.9 Å². The number of allylic oxidation sites excluding steroid dienone is 8. The van der Waals surface area contributed by atoms with E-state index in [0.717, 1.165) is 64.5 Å². The van der Waals surface area contributed by atoms with Gasteiger partial charge in [-0.25, -0.2) is 16.9 Å². The molecule has 1 saturated heterocycles. The number of esters is 3. The maximum absolute atomic E-state index is 12.3. The standard InChI is InChI=1S/C57H100N10O7/c1-7-9-11-13-15-17-19-21-23-25-27-29-31-33-35-37-39-62-41-51(64-58)43-66(44-52(65-59)42-63-40-38-36-34-32-30-28-26-24-22-20-18-16-14-12-10-8-2)45-53(61-6)46-67(60)57-56(73-50(5)70)55(72-49(4)69)54(74-57)47-71-48(3)68/h15-18,21-24,41-42,46,54-59,61-63H,7-14,19-20,25-40,43-45,47,60H2,1-6H3/b17-15-,18-16-,23-21-,24-22-,51-41-,52-42-,53-46-,64-58?,65-59?/t54-,55?,56?,57-/m1/s1. The van der Waals surface area contributed by atoms with E-state index in [2.05, 4.69) is 88.6 Å². The minimum absolute atomic E-state index is 0.233. The zero-order valence-corrected chi connectivity index (χ0v) is 46.6. The predicted molar refractivity (Wildman–Crippen MR) is 297 cm³/mol. The topological polar surface area (TPSA) is 229 Å². The van der Waals surface area contributed by atoms with Crippen LogP contribution in [0, 0.1) is 11.1 Å². The summed E-state index contributed by atoms with van der Waals surface area (Å²) in [6.45, 7) is 10.1. The lowest BCUT2D eigenvalue weighted by Crippen LogP contribution is -2.48. The van der Waals surface area contributed by atoms with Crippen molar-refractivity contribution in [1.82, 2.24) is 25.9 Å². The van der Waals surface area contributed by atoms with Crippen molar-refractivity contribution in [2.45, 2.75) is 213 Å². The van der Waals surface area contributed by atoms with Crippen molar-refractivity contribution < 1.29 is 33.3 Å². The second-order valence-electron chi connectivity index (χ2n) is 19.1. The van der Waals surface area contributed by atoms with Gasteiger partial charge in [0, 0.05) is 84.8 Å². The zero-order chi connectivity index (χ0) is 54.3. The Morgan fingerprint density at radius 2 is 1.00 bits per heavy atom. The Bertz CT molecular complexity index is 1660. The van der Waals surface area contributed by atoms with Crippen LogP contribution in [-0.4, -0.2) is 98.7 Å². The first-order valence-corrected chi connectivity index (χ1v) is 28.0. The Hall–Kier alpha value is -5.13. The number of nitrogens with one attached hydrogen (secondary N) is 5. The third-order valence-electron chi connectivity index (χ3n) is 12.3. The highest BCUT2D eigenvalue weighted by Gasteiger charge is 2.51. The third kappa shape index (κ3) is 35.9. The van der Waals surface area contributed by atoms with Gasteiger partial charge < -0.3 is 34.9 Å². The van der Waals surface area contributed by atoms with Crippen molar-refractivity contribution in [2.75, 3.05) is 46.4 Å². The molecule has 17 nitrogen and oxygen atoms in total. The summed E-state index contributed by atoms with van der Waals surface area (Å²) >= 11 is 0. The lowest BCUT2D eigenvalue weighted by Gasteiger charge is -2.29. The van der Waals surface area contributed by atoms with Gasteiger partial charge in [-0.2, -0.15) is 10.2 Å². The number of nitrogens with two attached hydrogens (primary N) is 1. The smallest absolute Gasteiger partial charge is 0.303 e. The van der Waals surface area contributed by atoms with Crippen molar-refractivity contribution in [3.63, 3.8) is 0 Å². The molecule has 0 aromatic carbocycles. The SMILES string of the molecule is CCCCC/C=C\C/C=C\CCCCCCCCN/C=C(/CN(C/C(=C/NCCCCCCCC/C=C\C/C=C\CCCCC)N=N)C/C(=C/N(N)[C@@H]1O[C@H](COC(C)=O)C(OC(C)=O)C1OC(C)=O)NC)N=N. The normalized spacial score (nSPS) is 17.5. The molecule has 0 aromatic rings. The Kier molecular flexibility index (Phi) is 41.9. The quantitative estimate of drug-likeness (QED) is 0.00635. The average Bonchev–Trinajstić information content (AvgIpc) is 3.70. The van der Waals surface area contributed by atoms with Gasteiger partial charge in [-0.1, -0.05) is 140 Å². The van der Waals surface area contributed by atoms with Gasteiger partial charge in [0.25, 0.3) is 0 Å². The van der Waals surface area contributed by atoms with Gasteiger partial charge in [-0.15, -0.1) is 0 Å². The number of hydrogen-bond donors (Lipinski definition) is 6. The highest BCUT2D eigenvalue weighted by atomic mass is 16.7. The molecule has 1 rings (SSSR count). The molecule has 1 aliphatic rings. The van der Waals surface area contributed by atoms with Crippen LogP contribution >= 0.6 is 0 Å². The number of hydrogen-bond acceptors (Lipinski definition) is 17. The van der Waals surface area contributed by atoms with Crippen LogP contribution in [0.15, 0.2) is 94.5 Å². The Morgan fingerprint density at radius 3 is 1.41 bits per heavy atom. The second-order valence-corrected chi connectivity index (χ2v) is 19.1. The number of carbonyl (C=O) groups is 3. The summed E-state index contributed by atoms with van der Waals surface area (Å²) < 4.78 is 22.4. The summed E-state index contributed by atoms with van der Waals surface area (Å²) in [5, 5.41) is 18.8. The zero-order valence-electron chi connectivity index (χ0n) is 46.6. The van der Waals surface area contributed by atoms with Crippen LogP contribution in [-0.2, 0) is 33.3 Å². The molecule has 420 valence electrons. The molecule has 7 N–H and O–H groups in total. The molecule has 2 unspecified atom stereocenters. The van der Waals surface area contributed by atoms with Crippen LogP contribution in [0.2, 0.25) is 0 Å². The number of carbonyl (C=O) groups excluding carboxylic acids is 3. The summed E-state index contributed by atoms with van der Waals surface area (Å²) in [6, 6.07) is 0. The fourth-order valence-electron chi connectivity index (χ4n) is 8.27. The van der Waals surface area contributed by atoms with Crippen LogP contribution in [0.5, 0.6) is 0 Å². The van der Waals surface area contributed by atoms with Crippen LogP contribution in [0.3, 0.4) is 0 Å². The summed E-state index contributed by atoms with van der Waals surface area (Å²) in [5.74, 6) is 4.75. The number of nitrogens with zero attached hydrogens (tertiary/aromatic N) is 4. The molecule has 0 amide bonds. The molecule has 1 aliphatic heterocycles. The molecule has 1 heterocycles. The highest BCUT2D eigenvalue weighted by molar-refractivity contribution is 5.68. The van der Waals surface area contributed by atoms with E-state index in [0.29, 0.717) is 17.1 Å². The molecular formula is C57H100N10O7. The fourth-order valence-corrected chi connectivity index (χ4v) is 8.27. The number of ether oxygens (including phenoxy) is 4. The Morgan fingerprint density at radius 1 is 0.581 bits per heavy atom. The van der Waals surface area contributed by atoms with Gasteiger partial charge in [0.05, 0.1) is 11.4 Å². The lowest BCUT2D eigenvalue weighted by atomic mass is 10.1. The van der Waals surface area contributed by atoms with Gasteiger partial charge in [0.2, 0.25) is 0 Å². The largest absolute Gasteiger partial charge is 0.463 e. The van der Waals surface area contributed by atoms with E-state index >= 15 is 0 Å². The van der Waals surface area contributed by atoms with Crippen molar-refractivity contribution in [3.8, 4) is 0 Å². The molecule has 4 atom stereocenters. The van der Waals surface area contributed by atoms with Gasteiger partial charge in [-0.3, -0.25) is 24.3 Å². The number of hydrazine groups is 1. The molecule has 0 bridgehead atoms. The van der Waals surface area contributed by atoms with Crippen molar-refractivity contribution in [2.24, 2.45) is 16.1 Å². The van der Waals surface area contributed by atoms with E-state index in [1.165, 1.54) is 129 Å². The van der Waals surface area contributed by atoms with Gasteiger partial charge >= 0.3 is 17.9 Å². The Balaban J connectivity index is 2.94. The van der Waals surface area contributed by atoms with E-state index in [1.54, 1.807) is 25.6 Å². The fraction of sp³-hybridized carbons (Fsp3) is 0.702. The van der Waals surface area contributed by atoms with E-state index in [4.69, 9.17) is 35.9 Å². The van der Waals surface area contributed by atoms with Crippen LogP contribution in [0.25, 0.3) is 0 Å². The lowest BCUT2D eigenvalue weighted by molar-refractivity contribution is -0.167. The van der Waals surface area contributed by atoms with E-state index in [-0.39, 0.29) is 26.2 Å². The first kappa shape index (κ1) is 66.9. The Labute approximate surface area is 446 Å². The maximum Gasteiger partial charge on any atom is 0.303 e. The van der Waals surface area contributed by atoms with Gasteiger partial charge in [0.15, 0.2) is 18.4 Å². The van der Waals surface area contributed by atoms with E-state index in [9.17, 15) is 14.4 Å². The van der Waals surface area contributed by atoms with Crippen LogP contribution < -0.4 is 21.8 Å². The van der Waals surface area contributed by atoms with Crippen LogP contribution in [0.1, 0.15) is 189 Å². The molecular weight excluding hydrogens is 937 g/mol. The van der Waals surface area contributed by atoms with Gasteiger partial charge in [-0.05, 0) is 77.0 Å². The summed E-state index contributed by atoms with van der Waals surface area (Å²) in [7, 11) is 1.72. The first-order valence-electron chi connectivity index (χ1n) is 28.0. The minimum atomic E-state index is -1.16. The summed E-state index contributed by atoms with van der Waals surface area (Å²) in [4.78, 5) is 38.1. The minimum Gasteiger partial charge on any atom is -0.463 e. The van der Waals surface area contributed by atoms with Crippen molar-refractivity contribution in [1.29, 1.82) is 11.1 Å². The molecule has 0 spiro atoms. The molecule has 0 aromatic heterocycles. The first-order chi connectivity index (χ1) is 36.0. The highest BCUT2D eigenvalue weighted by Crippen LogP contribution is 2.29. The molecule has 0 aliphatic carbocycles. The second kappa shape index (κ2) is 46.4. The van der Waals surface area contributed by atoms with Crippen LogP contribution in [0.4, 0.5) is 0 Å². The van der Waals surface area contributed by atoms with E-state index < -0.39 is 42.4 Å². The maximum atomic E-state index is 12.3.